The number of hydrogen-bond acceptors (Lipinski definition) is 4. The third-order valence-corrected chi connectivity index (χ3v) is 5.51. The first-order chi connectivity index (χ1) is 13.4. The second-order valence-electron chi connectivity index (χ2n) is 7.45. The molecule has 8 heteroatoms. The summed E-state index contributed by atoms with van der Waals surface area (Å²) >= 11 is 0. The number of nitrogens with one attached hydrogen (secondary N) is 1. The molecule has 1 fully saturated rings. The van der Waals surface area contributed by atoms with Crippen molar-refractivity contribution in [1.29, 1.82) is 0 Å². The highest BCUT2D eigenvalue weighted by Crippen LogP contribution is 2.43. The van der Waals surface area contributed by atoms with E-state index in [4.69, 9.17) is 0 Å². The van der Waals surface area contributed by atoms with Crippen LogP contribution >= 0.6 is 0 Å². The molecule has 2 aliphatic heterocycles. The van der Waals surface area contributed by atoms with Crippen molar-refractivity contribution in [3.63, 3.8) is 0 Å². The van der Waals surface area contributed by atoms with Crippen LogP contribution in [0.2, 0.25) is 0 Å². The first kappa shape index (κ1) is 18.2. The molecule has 0 bridgehead atoms. The summed E-state index contributed by atoms with van der Waals surface area (Å²) in [6.45, 7) is 2.34. The predicted octanol–water partition coefficient (Wildman–Crippen LogP) is 2.14. The maximum absolute atomic E-state index is 13.1. The Morgan fingerprint density at radius 2 is 2.04 bits per heavy atom. The molecule has 1 N–H and O–H groups in total. The number of aromatic nitrogens is 2. The summed E-state index contributed by atoms with van der Waals surface area (Å²) in [7, 11) is 1.78. The molecule has 1 aromatic carbocycles. The van der Waals surface area contributed by atoms with Gasteiger partial charge in [0.1, 0.15) is 5.66 Å². The third kappa shape index (κ3) is 2.94. The zero-order valence-electron chi connectivity index (χ0n) is 16.0. The average Bonchev–Trinajstić information content (AvgIpc) is 3.21. The first-order valence-electron chi connectivity index (χ1n) is 9.44. The lowest BCUT2D eigenvalue weighted by molar-refractivity contribution is -0.118. The van der Waals surface area contributed by atoms with E-state index in [9.17, 15) is 14.4 Å². The summed E-state index contributed by atoms with van der Waals surface area (Å²) in [5.74, 6) is 0.303. The molecule has 8 nitrogen and oxygen atoms in total. The molecule has 3 amide bonds. The molecule has 2 aliphatic rings. The van der Waals surface area contributed by atoms with Gasteiger partial charge in [-0.15, -0.1) is 0 Å². The minimum atomic E-state index is -0.681. The number of anilines is 2. The van der Waals surface area contributed by atoms with Crippen LogP contribution < -0.4 is 10.2 Å². The number of amides is 3. The van der Waals surface area contributed by atoms with E-state index in [1.54, 1.807) is 45.9 Å². The molecule has 2 aromatic rings. The Morgan fingerprint density at radius 1 is 1.25 bits per heavy atom. The molecule has 0 spiro atoms. The van der Waals surface area contributed by atoms with Crippen LogP contribution in [0.1, 0.15) is 43.0 Å². The van der Waals surface area contributed by atoms with Gasteiger partial charge in [0.2, 0.25) is 11.8 Å². The van der Waals surface area contributed by atoms with Gasteiger partial charge in [0, 0.05) is 38.7 Å². The number of nitrogens with zero attached hydrogens (tertiary/aromatic N) is 4. The Kier molecular flexibility index (Phi) is 4.41. The summed E-state index contributed by atoms with van der Waals surface area (Å²) in [6, 6.07) is 8.95. The molecular formula is C20H23N5O3. The van der Waals surface area contributed by atoms with Crippen LogP contribution in [0.4, 0.5) is 11.5 Å². The topological polar surface area (TPSA) is 87.5 Å². The van der Waals surface area contributed by atoms with Crippen LogP contribution in [0, 0.1) is 0 Å². The van der Waals surface area contributed by atoms with E-state index in [0.29, 0.717) is 42.9 Å². The van der Waals surface area contributed by atoms with E-state index in [0.717, 1.165) is 0 Å². The number of carbonyl (C=O) groups is 3. The largest absolute Gasteiger partial charge is 0.315 e. The van der Waals surface area contributed by atoms with Gasteiger partial charge in [-0.2, -0.15) is 5.10 Å². The molecule has 1 aromatic heterocycles. The summed E-state index contributed by atoms with van der Waals surface area (Å²) < 4.78 is 1.62. The van der Waals surface area contributed by atoms with Crippen LogP contribution in [0.25, 0.3) is 0 Å². The van der Waals surface area contributed by atoms with Crippen molar-refractivity contribution in [2.75, 3.05) is 16.8 Å². The number of rotatable bonds is 5. The first-order valence-corrected chi connectivity index (χ1v) is 9.44. The second-order valence-corrected chi connectivity index (χ2v) is 7.45. The Hall–Kier alpha value is -3.16. The predicted molar refractivity (Wildman–Crippen MR) is 104 cm³/mol. The average molecular weight is 381 g/mol. The second kappa shape index (κ2) is 6.78. The SMILES string of the molecule is Cn1ccc(NC(=O)CCCN2C(=O)c3ccccc3N3C(=O)CC[C@]23C)n1. The smallest absolute Gasteiger partial charge is 0.257 e. The number of fused-ring (bicyclic) bond motifs is 3. The van der Waals surface area contributed by atoms with Crippen LogP contribution in [-0.4, -0.2) is 44.6 Å². The molecule has 146 valence electrons. The minimum absolute atomic E-state index is 0.0281. The molecule has 0 unspecified atom stereocenters. The molecule has 0 aliphatic carbocycles. The zero-order valence-corrected chi connectivity index (χ0v) is 16.0. The van der Waals surface area contributed by atoms with Crippen LogP contribution in [-0.2, 0) is 16.6 Å². The molecule has 1 saturated heterocycles. The summed E-state index contributed by atoms with van der Waals surface area (Å²) in [4.78, 5) is 41.3. The summed E-state index contributed by atoms with van der Waals surface area (Å²) in [5.41, 5.74) is 0.537. The van der Waals surface area contributed by atoms with Gasteiger partial charge in [0.05, 0.1) is 11.3 Å². The molecule has 4 rings (SSSR count). The van der Waals surface area contributed by atoms with Crippen molar-refractivity contribution in [1.82, 2.24) is 14.7 Å². The van der Waals surface area contributed by atoms with Gasteiger partial charge in [0.25, 0.3) is 5.91 Å². The standard InChI is InChI=1S/C20H23N5O3/c1-20-11-9-18(27)25(20)15-7-4-3-6-14(15)19(28)24(20)12-5-8-17(26)21-16-10-13-23(2)22-16/h3-4,6-7,10,13H,5,8-9,11-12H2,1-2H3,(H,21,22,26)/t20-/m1/s1. The van der Waals surface area contributed by atoms with Gasteiger partial charge in [-0.3, -0.25) is 24.0 Å². The zero-order chi connectivity index (χ0) is 19.9. The van der Waals surface area contributed by atoms with Gasteiger partial charge in [-0.05, 0) is 31.9 Å². The minimum Gasteiger partial charge on any atom is -0.315 e. The number of aryl methyl sites for hydroxylation is 1. The van der Waals surface area contributed by atoms with Crippen molar-refractivity contribution in [2.24, 2.45) is 7.05 Å². The normalized spacial score (nSPS) is 20.9. The Morgan fingerprint density at radius 3 is 2.79 bits per heavy atom. The molecule has 0 radical (unpaired) electrons. The van der Waals surface area contributed by atoms with Crippen molar-refractivity contribution in [2.45, 2.75) is 38.3 Å². The van der Waals surface area contributed by atoms with E-state index < -0.39 is 5.66 Å². The number of benzene rings is 1. The maximum atomic E-state index is 13.1. The lowest BCUT2D eigenvalue weighted by atomic mass is 9.98. The van der Waals surface area contributed by atoms with E-state index >= 15 is 0 Å². The van der Waals surface area contributed by atoms with Crippen molar-refractivity contribution in [3.8, 4) is 0 Å². The van der Waals surface area contributed by atoms with E-state index in [1.165, 1.54) is 0 Å². The van der Waals surface area contributed by atoms with Crippen LogP contribution in [0.3, 0.4) is 0 Å². The van der Waals surface area contributed by atoms with Crippen molar-refractivity contribution >= 4 is 29.2 Å². The number of hydrogen-bond donors (Lipinski definition) is 1. The highest BCUT2D eigenvalue weighted by molar-refractivity contribution is 6.10. The van der Waals surface area contributed by atoms with E-state index in [2.05, 4.69) is 10.4 Å². The third-order valence-electron chi connectivity index (χ3n) is 5.51. The highest BCUT2D eigenvalue weighted by Gasteiger charge is 2.52. The summed E-state index contributed by atoms with van der Waals surface area (Å²) in [6.07, 6.45) is 3.53. The van der Waals surface area contributed by atoms with Gasteiger partial charge in [0.15, 0.2) is 5.82 Å². The summed E-state index contributed by atoms with van der Waals surface area (Å²) in [5, 5.41) is 6.88. The Balaban J connectivity index is 1.47. The fourth-order valence-corrected chi connectivity index (χ4v) is 4.13. The van der Waals surface area contributed by atoms with E-state index in [-0.39, 0.29) is 24.1 Å². The number of carbonyl (C=O) groups excluding carboxylic acids is 3. The molecule has 3 heterocycles. The van der Waals surface area contributed by atoms with Gasteiger partial charge in [-0.25, -0.2) is 0 Å². The van der Waals surface area contributed by atoms with Crippen molar-refractivity contribution in [3.05, 3.63) is 42.1 Å². The fraction of sp³-hybridized carbons (Fsp3) is 0.400. The van der Waals surface area contributed by atoms with Crippen LogP contribution in [0.5, 0.6) is 0 Å². The lowest BCUT2D eigenvalue weighted by Gasteiger charge is -2.48. The number of para-hydroxylation sites is 1. The molecule has 28 heavy (non-hydrogen) atoms. The quantitative estimate of drug-likeness (QED) is 0.860. The van der Waals surface area contributed by atoms with E-state index in [1.807, 2.05) is 19.1 Å². The Labute approximate surface area is 163 Å². The molecule has 0 saturated carbocycles. The monoisotopic (exact) mass is 381 g/mol. The molecular weight excluding hydrogens is 358 g/mol. The maximum Gasteiger partial charge on any atom is 0.257 e. The van der Waals surface area contributed by atoms with Gasteiger partial charge in [-0.1, -0.05) is 12.1 Å². The van der Waals surface area contributed by atoms with Gasteiger partial charge < -0.3 is 10.2 Å². The van der Waals surface area contributed by atoms with Gasteiger partial charge >= 0.3 is 0 Å². The van der Waals surface area contributed by atoms with Crippen molar-refractivity contribution < 1.29 is 14.4 Å². The fourth-order valence-electron chi connectivity index (χ4n) is 4.13. The highest BCUT2D eigenvalue weighted by atomic mass is 16.2. The lowest BCUT2D eigenvalue weighted by Crippen LogP contribution is -2.62. The molecule has 1 atom stereocenters. The van der Waals surface area contributed by atoms with Crippen LogP contribution in [0.15, 0.2) is 36.5 Å². The Bertz CT molecular complexity index is 953.